The lowest BCUT2D eigenvalue weighted by Gasteiger charge is -2.19. The molecule has 1 aliphatic heterocycles. The van der Waals surface area contributed by atoms with Crippen LogP contribution in [0.5, 0.6) is 0 Å². The molecular weight excluding hydrogens is 212 g/mol. The van der Waals surface area contributed by atoms with Gasteiger partial charge in [0.15, 0.2) is 5.79 Å². The molecule has 86 valence electrons. The zero-order valence-electron chi connectivity index (χ0n) is 9.63. The molecule has 2 atom stereocenters. The molecule has 0 unspecified atom stereocenters. The van der Waals surface area contributed by atoms with Crippen molar-refractivity contribution in [2.75, 3.05) is 0 Å². The topological polar surface area (TPSA) is 29.5 Å². The van der Waals surface area contributed by atoms with Crippen LogP contribution in [0.4, 0.5) is 0 Å². The van der Waals surface area contributed by atoms with Crippen molar-refractivity contribution in [3.05, 3.63) is 71.3 Å². The Labute approximate surface area is 100 Å². The summed E-state index contributed by atoms with van der Waals surface area (Å²) in [6, 6.07) is 17.8. The summed E-state index contributed by atoms with van der Waals surface area (Å²) in [7, 11) is 0. The Kier molecular flexibility index (Phi) is 2.28. The molecule has 0 radical (unpaired) electrons. The van der Waals surface area contributed by atoms with Crippen molar-refractivity contribution in [2.24, 2.45) is 0 Å². The highest BCUT2D eigenvalue weighted by Gasteiger charge is 2.39. The van der Waals surface area contributed by atoms with Crippen LogP contribution in [0.1, 0.15) is 29.7 Å². The van der Waals surface area contributed by atoms with Crippen molar-refractivity contribution in [3.63, 3.8) is 0 Å². The molecule has 0 aromatic heterocycles. The highest BCUT2D eigenvalue weighted by atomic mass is 16.6. The fourth-order valence-electron chi connectivity index (χ4n) is 2.38. The SMILES string of the molecule is C[C@@]1(O)O[C@H](c2ccccc2)c2ccccc21. The first kappa shape index (κ1) is 10.5. The van der Waals surface area contributed by atoms with Gasteiger partial charge in [-0.05, 0) is 18.1 Å². The number of aliphatic hydroxyl groups is 1. The van der Waals surface area contributed by atoms with Crippen molar-refractivity contribution in [1.82, 2.24) is 0 Å². The molecule has 1 heterocycles. The van der Waals surface area contributed by atoms with Gasteiger partial charge in [0, 0.05) is 5.56 Å². The lowest BCUT2D eigenvalue weighted by Crippen LogP contribution is -2.20. The summed E-state index contributed by atoms with van der Waals surface area (Å²) in [5.74, 6) is -1.20. The normalized spacial score (nSPS) is 26.8. The zero-order chi connectivity index (χ0) is 11.9. The molecular formula is C15H14O2. The second-order valence-electron chi connectivity index (χ2n) is 4.48. The van der Waals surface area contributed by atoms with Crippen LogP contribution in [0.3, 0.4) is 0 Å². The van der Waals surface area contributed by atoms with Gasteiger partial charge in [-0.25, -0.2) is 0 Å². The van der Waals surface area contributed by atoms with E-state index in [9.17, 15) is 5.11 Å². The summed E-state index contributed by atoms with van der Waals surface area (Å²) in [6.07, 6.45) is -0.178. The number of rotatable bonds is 1. The Morgan fingerprint density at radius 3 is 2.41 bits per heavy atom. The van der Waals surface area contributed by atoms with Crippen LogP contribution in [-0.4, -0.2) is 5.11 Å². The molecule has 0 spiro atoms. The van der Waals surface area contributed by atoms with E-state index in [2.05, 4.69) is 0 Å². The maximum Gasteiger partial charge on any atom is 0.190 e. The molecule has 17 heavy (non-hydrogen) atoms. The van der Waals surface area contributed by atoms with E-state index in [-0.39, 0.29) is 6.10 Å². The van der Waals surface area contributed by atoms with Crippen molar-refractivity contribution < 1.29 is 9.84 Å². The average molecular weight is 226 g/mol. The van der Waals surface area contributed by atoms with Gasteiger partial charge in [0.1, 0.15) is 6.10 Å². The van der Waals surface area contributed by atoms with Gasteiger partial charge in [0.25, 0.3) is 0 Å². The van der Waals surface area contributed by atoms with E-state index < -0.39 is 5.79 Å². The minimum absolute atomic E-state index is 0.178. The van der Waals surface area contributed by atoms with Crippen LogP contribution < -0.4 is 0 Å². The first-order chi connectivity index (χ1) is 8.18. The van der Waals surface area contributed by atoms with Gasteiger partial charge in [-0.3, -0.25) is 0 Å². The highest BCUT2D eigenvalue weighted by molar-refractivity contribution is 5.41. The van der Waals surface area contributed by atoms with Crippen LogP contribution in [0.15, 0.2) is 54.6 Å². The van der Waals surface area contributed by atoms with Crippen molar-refractivity contribution in [1.29, 1.82) is 0 Å². The van der Waals surface area contributed by atoms with E-state index in [4.69, 9.17) is 4.74 Å². The molecule has 0 bridgehead atoms. The molecule has 2 heteroatoms. The molecule has 1 N–H and O–H groups in total. The first-order valence-electron chi connectivity index (χ1n) is 5.73. The summed E-state index contributed by atoms with van der Waals surface area (Å²) in [6.45, 7) is 1.69. The van der Waals surface area contributed by atoms with Gasteiger partial charge >= 0.3 is 0 Å². The van der Waals surface area contributed by atoms with E-state index in [0.717, 1.165) is 16.7 Å². The summed E-state index contributed by atoms with van der Waals surface area (Å²) < 4.78 is 5.76. The second kappa shape index (κ2) is 3.69. The molecule has 2 nitrogen and oxygen atoms in total. The maximum atomic E-state index is 10.3. The van der Waals surface area contributed by atoms with Gasteiger partial charge in [0.2, 0.25) is 0 Å². The monoisotopic (exact) mass is 226 g/mol. The number of fused-ring (bicyclic) bond motifs is 1. The molecule has 0 saturated carbocycles. The average Bonchev–Trinajstić information content (AvgIpc) is 2.64. The van der Waals surface area contributed by atoms with Crippen molar-refractivity contribution in [3.8, 4) is 0 Å². The number of hydrogen-bond acceptors (Lipinski definition) is 2. The lowest BCUT2D eigenvalue weighted by atomic mass is 9.97. The fraction of sp³-hybridized carbons (Fsp3) is 0.200. The fourth-order valence-corrected chi connectivity index (χ4v) is 2.38. The molecule has 0 saturated heterocycles. The second-order valence-corrected chi connectivity index (χ2v) is 4.48. The van der Waals surface area contributed by atoms with Crippen LogP contribution >= 0.6 is 0 Å². The first-order valence-corrected chi connectivity index (χ1v) is 5.73. The maximum absolute atomic E-state index is 10.3. The quantitative estimate of drug-likeness (QED) is 0.810. The van der Waals surface area contributed by atoms with Crippen molar-refractivity contribution >= 4 is 0 Å². The van der Waals surface area contributed by atoms with E-state index in [1.54, 1.807) is 6.92 Å². The molecule has 1 aliphatic rings. The molecule has 0 fully saturated rings. The molecule has 3 rings (SSSR count). The number of benzene rings is 2. The highest BCUT2D eigenvalue weighted by Crippen LogP contribution is 2.44. The summed E-state index contributed by atoms with van der Waals surface area (Å²) in [5.41, 5.74) is 2.97. The third-order valence-corrected chi connectivity index (χ3v) is 3.19. The Hall–Kier alpha value is -1.64. The predicted molar refractivity (Wildman–Crippen MR) is 65.4 cm³/mol. The molecule has 0 amide bonds. The third-order valence-electron chi connectivity index (χ3n) is 3.19. The standard InChI is InChI=1S/C15H14O2/c1-15(16)13-10-6-5-9-12(13)14(17-15)11-7-3-2-4-8-11/h2-10,14,16H,1H3/t14-,15-/m1/s1. The molecule has 2 aromatic carbocycles. The van der Waals surface area contributed by atoms with Crippen LogP contribution in [0.25, 0.3) is 0 Å². The van der Waals surface area contributed by atoms with Gasteiger partial charge < -0.3 is 9.84 Å². The van der Waals surface area contributed by atoms with Gasteiger partial charge in [-0.15, -0.1) is 0 Å². The largest absolute Gasteiger partial charge is 0.362 e. The lowest BCUT2D eigenvalue weighted by molar-refractivity contribution is -0.201. The minimum Gasteiger partial charge on any atom is -0.362 e. The summed E-state index contributed by atoms with van der Waals surface area (Å²) in [5, 5.41) is 10.3. The Morgan fingerprint density at radius 1 is 1.00 bits per heavy atom. The van der Waals surface area contributed by atoms with E-state index >= 15 is 0 Å². The van der Waals surface area contributed by atoms with Crippen molar-refractivity contribution in [2.45, 2.75) is 18.8 Å². The minimum atomic E-state index is -1.20. The van der Waals surface area contributed by atoms with E-state index in [1.807, 2.05) is 54.6 Å². The van der Waals surface area contributed by atoms with E-state index in [0.29, 0.717) is 0 Å². The van der Waals surface area contributed by atoms with Gasteiger partial charge in [-0.1, -0.05) is 54.6 Å². The number of hydrogen-bond donors (Lipinski definition) is 1. The summed E-state index contributed by atoms with van der Waals surface area (Å²) >= 11 is 0. The predicted octanol–water partition coefficient (Wildman–Crippen LogP) is 2.97. The van der Waals surface area contributed by atoms with E-state index in [1.165, 1.54) is 0 Å². The Morgan fingerprint density at radius 2 is 1.65 bits per heavy atom. The zero-order valence-corrected chi connectivity index (χ0v) is 9.63. The third kappa shape index (κ3) is 1.66. The van der Waals surface area contributed by atoms with Crippen LogP contribution in [0.2, 0.25) is 0 Å². The van der Waals surface area contributed by atoms with Crippen LogP contribution in [0, 0.1) is 0 Å². The smallest absolute Gasteiger partial charge is 0.190 e. The van der Waals surface area contributed by atoms with Gasteiger partial charge in [-0.2, -0.15) is 0 Å². The van der Waals surface area contributed by atoms with Gasteiger partial charge in [0.05, 0.1) is 0 Å². The summed E-state index contributed by atoms with van der Waals surface area (Å²) in [4.78, 5) is 0. The Balaban J connectivity index is 2.12. The molecule has 2 aromatic rings. The van der Waals surface area contributed by atoms with Crippen LogP contribution in [-0.2, 0) is 10.5 Å². The Bertz CT molecular complexity index is 532. The molecule has 0 aliphatic carbocycles. The number of ether oxygens (including phenoxy) is 1.